The number of benzene rings is 2. The van der Waals surface area contributed by atoms with Crippen LogP contribution in [0.25, 0.3) is 16.6 Å². The topological polar surface area (TPSA) is 99.4 Å². The van der Waals surface area contributed by atoms with Gasteiger partial charge in [-0.2, -0.15) is 15.5 Å². The monoisotopic (exact) mass is 376 g/mol. The van der Waals surface area contributed by atoms with Crippen LogP contribution in [0, 0.1) is 18.3 Å². The van der Waals surface area contributed by atoms with Gasteiger partial charge in [-0.3, -0.25) is 9.89 Å². The van der Waals surface area contributed by atoms with Crippen molar-refractivity contribution in [2.24, 2.45) is 0 Å². The fourth-order valence-electron chi connectivity index (χ4n) is 2.78. The molecule has 27 heavy (non-hydrogen) atoms. The molecule has 4 aromatic rings. The van der Waals surface area contributed by atoms with Gasteiger partial charge in [-0.05, 0) is 36.8 Å². The molecule has 2 aromatic heterocycles. The fourth-order valence-corrected chi connectivity index (χ4v) is 3.00. The van der Waals surface area contributed by atoms with Crippen LogP contribution in [0.4, 0.5) is 5.82 Å². The smallest absolute Gasteiger partial charge is 0.260 e. The van der Waals surface area contributed by atoms with Crippen LogP contribution in [0.15, 0.2) is 48.8 Å². The molecule has 0 aliphatic rings. The zero-order valence-electron chi connectivity index (χ0n) is 14.2. The highest BCUT2D eigenvalue weighted by Crippen LogP contribution is 2.25. The standard InChI is InChI=1S/C19H13ClN6O/c1-11-6-14-16(7-12(11)8-21)24-25-18(14)23-19(27)13-9-22-26(10-13)17-5-3-2-4-15(17)20/h2-7,9-10H,1H3,(H2,23,24,25,27). The van der Waals surface area contributed by atoms with Crippen LogP contribution in [0.5, 0.6) is 0 Å². The van der Waals surface area contributed by atoms with Gasteiger partial charge in [0.25, 0.3) is 5.91 Å². The minimum atomic E-state index is -0.344. The molecular weight excluding hydrogens is 364 g/mol. The summed E-state index contributed by atoms with van der Waals surface area (Å²) in [5, 5.41) is 24.3. The van der Waals surface area contributed by atoms with Crippen molar-refractivity contribution < 1.29 is 4.79 Å². The minimum Gasteiger partial charge on any atom is -0.304 e. The molecule has 1 amide bonds. The Bertz CT molecular complexity index is 1220. The number of nitriles is 1. The number of H-pyrrole nitrogens is 1. The van der Waals surface area contributed by atoms with E-state index in [-0.39, 0.29) is 5.91 Å². The van der Waals surface area contributed by atoms with Crippen LogP contribution >= 0.6 is 11.6 Å². The molecule has 0 aliphatic heterocycles. The maximum absolute atomic E-state index is 12.6. The van der Waals surface area contributed by atoms with Crippen molar-refractivity contribution in [2.45, 2.75) is 6.92 Å². The zero-order chi connectivity index (χ0) is 19.0. The number of carbonyl (C=O) groups is 1. The average molecular weight is 377 g/mol. The van der Waals surface area contributed by atoms with Crippen molar-refractivity contribution in [1.29, 1.82) is 5.26 Å². The quantitative estimate of drug-likeness (QED) is 0.567. The van der Waals surface area contributed by atoms with Crippen molar-refractivity contribution >= 4 is 34.2 Å². The van der Waals surface area contributed by atoms with Crippen LogP contribution in [0.2, 0.25) is 5.02 Å². The molecule has 0 radical (unpaired) electrons. The number of nitrogens with one attached hydrogen (secondary N) is 2. The molecule has 2 N–H and O–H groups in total. The van der Waals surface area contributed by atoms with Gasteiger partial charge in [0.15, 0.2) is 5.82 Å². The number of aromatic amines is 1. The van der Waals surface area contributed by atoms with E-state index in [9.17, 15) is 4.79 Å². The molecule has 0 unspecified atom stereocenters. The van der Waals surface area contributed by atoms with E-state index in [0.717, 1.165) is 10.9 Å². The van der Waals surface area contributed by atoms with E-state index >= 15 is 0 Å². The summed E-state index contributed by atoms with van der Waals surface area (Å²) >= 11 is 6.17. The molecule has 8 heteroatoms. The first-order valence-corrected chi connectivity index (χ1v) is 8.44. The Morgan fingerprint density at radius 3 is 2.93 bits per heavy atom. The van der Waals surface area contributed by atoms with Crippen LogP contribution < -0.4 is 5.32 Å². The Labute approximate surface area is 159 Å². The molecular formula is C19H13ClN6O. The first kappa shape index (κ1) is 16.8. The second-order valence-corrected chi connectivity index (χ2v) is 6.38. The van der Waals surface area contributed by atoms with E-state index in [1.165, 1.54) is 6.20 Å². The van der Waals surface area contributed by atoms with Gasteiger partial charge >= 0.3 is 0 Å². The fraction of sp³-hybridized carbons (Fsp3) is 0.0526. The summed E-state index contributed by atoms with van der Waals surface area (Å²) in [5.41, 5.74) is 3.11. The van der Waals surface area contributed by atoms with Gasteiger partial charge in [0, 0.05) is 11.6 Å². The summed E-state index contributed by atoms with van der Waals surface area (Å²) in [6, 6.07) is 12.9. The lowest BCUT2D eigenvalue weighted by molar-refractivity contribution is 0.102. The Balaban J connectivity index is 1.62. The molecule has 0 saturated carbocycles. The van der Waals surface area contributed by atoms with Gasteiger partial charge in [0.2, 0.25) is 0 Å². The summed E-state index contributed by atoms with van der Waals surface area (Å²) in [6.07, 6.45) is 3.07. The zero-order valence-corrected chi connectivity index (χ0v) is 14.9. The molecule has 0 spiro atoms. The lowest BCUT2D eigenvalue weighted by Crippen LogP contribution is -2.11. The Morgan fingerprint density at radius 2 is 2.15 bits per heavy atom. The first-order valence-electron chi connectivity index (χ1n) is 8.06. The average Bonchev–Trinajstić information content (AvgIpc) is 3.29. The first-order chi connectivity index (χ1) is 13.1. The molecule has 0 atom stereocenters. The largest absolute Gasteiger partial charge is 0.304 e. The lowest BCUT2D eigenvalue weighted by Gasteiger charge is -2.03. The van der Waals surface area contributed by atoms with Crippen molar-refractivity contribution in [3.63, 3.8) is 0 Å². The number of nitrogens with zero attached hydrogens (tertiary/aromatic N) is 4. The Kier molecular flexibility index (Phi) is 4.11. The van der Waals surface area contributed by atoms with Crippen LogP contribution in [0.3, 0.4) is 0 Å². The number of para-hydroxylation sites is 1. The number of aromatic nitrogens is 4. The second-order valence-electron chi connectivity index (χ2n) is 5.98. The molecule has 132 valence electrons. The number of halogens is 1. The van der Waals surface area contributed by atoms with Crippen molar-refractivity contribution in [3.8, 4) is 11.8 Å². The van der Waals surface area contributed by atoms with E-state index in [1.54, 1.807) is 23.0 Å². The number of fused-ring (bicyclic) bond motifs is 1. The predicted octanol–water partition coefficient (Wildman–Crippen LogP) is 3.83. The number of anilines is 1. The van der Waals surface area contributed by atoms with Crippen LogP contribution in [-0.4, -0.2) is 25.9 Å². The predicted molar refractivity (Wildman–Crippen MR) is 102 cm³/mol. The van der Waals surface area contributed by atoms with E-state index < -0.39 is 0 Å². The number of hydrogen-bond acceptors (Lipinski definition) is 4. The highest BCUT2D eigenvalue weighted by molar-refractivity contribution is 6.32. The normalized spacial score (nSPS) is 10.7. The maximum atomic E-state index is 12.6. The number of rotatable bonds is 3. The number of hydrogen-bond donors (Lipinski definition) is 2. The Hall–Kier alpha value is -3.63. The maximum Gasteiger partial charge on any atom is 0.260 e. The highest BCUT2D eigenvalue weighted by Gasteiger charge is 2.15. The van der Waals surface area contributed by atoms with Crippen LogP contribution in [-0.2, 0) is 0 Å². The second kappa shape index (κ2) is 6.59. The molecule has 4 rings (SSSR count). The minimum absolute atomic E-state index is 0.344. The third-order valence-electron chi connectivity index (χ3n) is 4.20. The molecule has 0 aliphatic carbocycles. The highest BCUT2D eigenvalue weighted by atomic mass is 35.5. The van der Waals surface area contributed by atoms with Crippen molar-refractivity contribution in [3.05, 3.63) is 70.5 Å². The van der Waals surface area contributed by atoms with E-state index in [0.29, 0.717) is 33.2 Å². The molecule has 0 bridgehead atoms. The number of amides is 1. The van der Waals surface area contributed by atoms with E-state index in [4.69, 9.17) is 16.9 Å². The van der Waals surface area contributed by atoms with Gasteiger partial charge in [0.1, 0.15) is 0 Å². The third kappa shape index (κ3) is 3.03. The van der Waals surface area contributed by atoms with Gasteiger partial charge < -0.3 is 5.32 Å². The van der Waals surface area contributed by atoms with E-state index in [2.05, 4.69) is 26.7 Å². The number of carbonyl (C=O) groups excluding carboxylic acids is 1. The summed E-state index contributed by atoms with van der Waals surface area (Å²) in [6.45, 7) is 1.84. The molecule has 2 heterocycles. The van der Waals surface area contributed by atoms with Gasteiger partial charge in [-0.25, -0.2) is 4.68 Å². The lowest BCUT2D eigenvalue weighted by atomic mass is 10.1. The summed E-state index contributed by atoms with van der Waals surface area (Å²) in [7, 11) is 0. The molecule has 2 aromatic carbocycles. The van der Waals surface area contributed by atoms with Crippen molar-refractivity contribution in [1.82, 2.24) is 20.0 Å². The molecule has 0 saturated heterocycles. The Morgan fingerprint density at radius 1 is 1.33 bits per heavy atom. The molecule has 7 nitrogen and oxygen atoms in total. The summed E-state index contributed by atoms with van der Waals surface area (Å²) in [5.74, 6) is 0.0526. The van der Waals surface area contributed by atoms with Crippen LogP contribution in [0.1, 0.15) is 21.5 Å². The van der Waals surface area contributed by atoms with E-state index in [1.807, 2.05) is 31.2 Å². The van der Waals surface area contributed by atoms with Gasteiger partial charge in [-0.15, -0.1) is 0 Å². The van der Waals surface area contributed by atoms with Crippen molar-refractivity contribution in [2.75, 3.05) is 5.32 Å². The number of aryl methyl sites for hydroxylation is 1. The third-order valence-corrected chi connectivity index (χ3v) is 4.52. The SMILES string of the molecule is Cc1cc2c(NC(=O)c3cnn(-c4ccccc4Cl)c3)n[nH]c2cc1C#N. The molecule has 0 fully saturated rings. The van der Waals surface area contributed by atoms with Gasteiger partial charge in [0.05, 0.1) is 39.6 Å². The summed E-state index contributed by atoms with van der Waals surface area (Å²) in [4.78, 5) is 12.6. The van der Waals surface area contributed by atoms with Gasteiger partial charge in [-0.1, -0.05) is 23.7 Å². The summed E-state index contributed by atoms with van der Waals surface area (Å²) < 4.78 is 1.54.